The summed E-state index contributed by atoms with van der Waals surface area (Å²) in [5.41, 5.74) is 2.10. The number of nitrogens with zero attached hydrogens (tertiary/aromatic N) is 1. The number of phenolic OH excluding ortho intramolecular Hbond substituents is 2. The number of carbonyl (C=O) groups excluding carboxylic acids is 1. The zero-order valence-corrected chi connectivity index (χ0v) is 19.2. The van der Waals surface area contributed by atoms with E-state index in [9.17, 15) is 25.2 Å². The smallest absolute Gasteiger partial charge is 0.227 e. The Hall–Kier alpha value is -2.61. The molecule has 2 aromatic rings. The normalized spacial score (nSPS) is 12.5. The van der Waals surface area contributed by atoms with Gasteiger partial charge in [-0.1, -0.05) is 31.2 Å². The van der Waals surface area contributed by atoms with Gasteiger partial charge in [0.2, 0.25) is 5.91 Å². The van der Waals surface area contributed by atoms with E-state index in [-0.39, 0.29) is 36.1 Å². The van der Waals surface area contributed by atoms with E-state index < -0.39 is 6.10 Å². The Morgan fingerprint density at radius 1 is 1.06 bits per heavy atom. The predicted octanol–water partition coefficient (Wildman–Crippen LogP) is 2.52. The van der Waals surface area contributed by atoms with Gasteiger partial charge in [-0.05, 0) is 55.5 Å². The average Bonchev–Trinajstić information content (AvgIpc) is 2.71. The zero-order valence-electron chi connectivity index (χ0n) is 19.2. The van der Waals surface area contributed by atoms with Crippen molar-refractivity contribution in [1.29, 1.82) is 0 Å². The molecule has 0 aromatic heterocycles. The minimum absolute atomic E-state index is 0.00734. The van der Waals surface area contributed by atoms with Crippen LogP contribution in [-0.2, 0) is 17.6 Å². The maximum absolute atomic E-state index is 12.6. The van der Waals surface area contributed by atoms with Crippen molar-refractivity contribution in [2.24, 2.45) is 0 Å². The van der Waals surface area contributed by atoms with Gasteiger partial charge in [0.25, 0.3) is 0 Å². The predicted molar refractivity (Wildman–Crippen MR) is 125 cm³/mol. The van der Waals surface area contributed by atoms with Crippen LogP contribution in [0, 0.1) is 0 Å². The molecule has 0 heterocycles. The Balaban J connectivity index is 1.98. The molecule has 0 aliphatic carbocycles. The minimum atomic E-state index is -0.882. The van der Waals surface area contributed by atoms with Crippen molar-refractivity contribution in [2.45, 2.75) is 51.7 Å². The molecule has 176 valence electrons. The van der Waals surface area contributed by atoms with Crippen LogP contribution in [0.3, 0.4) is 0 Å². The van der Waals surface area contributed by atoms with Crippen LogP contribution >= 0.6 is 0 Å². The van der Waals surface area contributed by atoms with Gasteiger partial charge in [-0.15, -0.1) is 0 Å². The van der Waals surface area contributed by atoms with Crippen LogP contribution in [-0.4, -0.2) is 63.0 Å². The molecular weight excluding hydrogens is 408 g/mol. The number of rotatable bonds is 12. The summed E-state index contributed by atoms with van der Waals surface area (Å²) in [6.07, 6.45) is 0.941. The molecule has 0 aliphatic heterocycles. The van der Waals surface area contributed by atoms with Crippen molar-refractivity contribution < 1.29 is 25.2 Å². The van der Waals surface area contributed by atoms with Crippen LogP contribution in [0.5, 0.6) is 11.5 Å². The molecule has 0 saturated heterocycles. The largest absolute Gasteiger partial charge is 0.508 e. The molecule has 0 spiro atoms. The summed E-state index contributed by atoms with van der Waals surface area (Å²) >= 11 is 0. The fraction of sp³-hybridized carbons (Fsp3) is 0.480. The van der Waals surface area contributed by atoms with E-state index in [4.69, 9.17) is 0 Å². The fourth-order valence-corrected chi connectivity index (χ4v) is 3.76. The number of β-amino-alcohol motifs (C(OH)–C–C–N with tert-alkyl or cyclic N) is 1. The van der Waals surface area contributed by atoms with Crippen molar-refractivity contribution in [3.05, 3.63) is 59.2 Å². The Morgan fingerprint density at radius 3 is 2.34 bits per heavy atom. The van der Waals surface area contributed by atoms with E-state index in [1.807, 2.05) is 45.0 Å². The lowest BCUT2D eigenvalue weighted by Gasteiger charge is -2.28. The number of amides is 1. The Labute approximate surface area is 190 Å². The second kappa shape index (κ2) is 11.9. The van der Waals surface area contributed by atoms with Crippen molar-refractivity contribution >= 4 is 5.91 Å². The molecule has 0 bridgehead atoms. The highest BCUT2D eigenvalue weighted by Crippen LogP contribution is 2.25. The molecule has 1 amide bonds. The molecule has 5 N–H and O–H groups in total. The Kier molecular flexibility index (Phi) is 9.50. The van der Waals surface area contributed by atoms with Crippen LogP contribution in [0.25, 0.3) is 0 Å². The summed E-state index contributed by atoms with van der Waals surface area (Å²) in [4.78, 5) is 14.3. The number of aliphatic hydroxyl groups is 2. The average molecular weight is 445 g/mol. The molecule has 2 aromatic carbocycles. The van der Waals surface area contributed by atoms with Crippen LogP contribution in [0.15, 0.2) is 42.5 Å². The quantitative estimate of drug-likeness (QED) is 0.344. The summed E-state index contributed by atoms with van der Waals surface area (Å²) in [6, 6.07) is 12.0. The highest BCUT2D eigenvalue weighted by Gasteiger charge is 2.21. The van der Waals surface area contributed by atoms with Gasteiger partial charge in [-0.3, -0.25) is 4.79 Å². The number of hydrogen-bond donors (Lipinski definition) is 5. The van der Waals surface area contributed by atoms with E-state index in [1.165, 1.54) is 18.2 Å². The standard InChI is InChI=1S/C25H36N2O5/c1-4-8-27(9-10-28)24(32)12-18-6-5-7-19(11-18)16-25(2,3)26-17-23(31)20-13-21(29)15-22(30)14-20/h5-7,11,13-15,23,26,28-31H,4,8-10,12,16-17H2,1-3H3. The second-order valence-corrected chi connectivity index (χ2v) is 8.84. The van der Waals surface area contributed by atoms with Crippen molar-refractivity contribution in [3.8, 4) is 11.5 Å². The molecule has 32 heavy (non-hydrogen) atoms. The number of nitrogens with one attached hydrogen (secondary N) is 1. The summed E-state index contributed by atoms with van der Waals surface area (Å²) in [5.74, 6) is -0.185. The van der Waals surface area contributed by atoms with E-state index in [1.54, 1.807) is 4.90 Å². The topological polar surface area (TPSA) is 113 Å². The highest BCUT2D eigenvalue weighted by atomic mass is 16.3. The van der Waals surface area contributed by atoms with E-state index in [0.29, 0.717) is 31.5 Å². The lowest BCUT2D eigenvalue weighted by Crippen LogP contribution is -2.43. The molecule has 0 radical (unpaired) electrons. The molecule has 1 unspecified atom stereocenters. The van der Waals surface area contributed by atoms with E-state index >= 15 is 0 Å². The summed E-state index contributed by atoms with van der Waals surface area (Å²) in [6.45, 7) is 7.26. The maximum Gasteiger partial charge on any atom is 0.227 e. The molecule has 7 heteroatoms. The van der Waals surface area contributed by atoms with Gasteiger partial charge in [0.1, 0.15) is 11.5 Å². The van der Waals surface area contributed by atoms with Gasteiger partial charge in [0.15, 0.2) is 0 Å². The molecule has 0 aliphatic rings. The molecular formula is C25H36N2O5. The van der Waals surface area contributed by atoms with E-state index in [0.717, 1.165) is 17.5 Å². The maximum atomic E-state index is 12.6. The first kappa shape index (κ1) is 25.6. The van der Waals surface area contributed by atoms with Gasteiger partial charge in [0.05, 0.1) is 19.1 Å². The second-order valence-electron chi connectivity index (χ2n) is 8.84. The fourth-order valence-electron chi connectivity index (χ4n) is 3.76. The van der Waals surface area contributed by atoms with Crippen LogP contribution in [0.4, 0.5) is 0 Å². The first-order valence-electron chi connectivity index (χ1n) is 11.1. The van der Waals surface area contributed by atoms with Crippen LogP contribution in [0.1, 0.15) is 50.0 Å². The Morgan fingerprint density at radius 2 is 1.72 bits per heavy atom. The number of aliphatic hydroxyl groups excluding tert-OH is 2. The third-order valence-corrected chi connectivity index (χ3v) is 5.29. The first-order valence-corrected chi connectivity index (χ1v) is 11.1. The van der Waals surface area contributed by atoms with Gasteiger partial charge in [-0.25, -0.2) is 0 Å². The lowest BCUT2D eigenvalue weighted by molar-refractivity contribution is -0.131. The van der Waals surface area contributed by atoms with Crippen LogP contribution in [0.2, 0.25) is 0 Å². The van der Waals surface area contributed by atoms with E-state index in [2.05, 4.69) is 5.32 Å². The SMILES string of the molecule is CCCN(CCO)C(=O)Cc1cccc(CC(C)(C)NCC(O)c2cc(O)cc(O)c2)c1. The monoisotopic (exact) mass is 444 g/mol. The molecule has 7 nitrogen and oxygen atoms in total. The summed E-state index contributed by atoms with van der Waals surface area (Å²) < 4.78 is 0. The van der Waals surface area contributed by atoms with Gasteiger partial charge in [-0.2, -0.15) is 0 Å². The van der Waals surface area contributed by atoms with Gasteiger partial charge >= 0.3 is 0 Å². The van der Waals surface area contributed by atoms with Crippen molar-refractivity contribution in [3.63, 3.8) is 0 Å². The summed E-state index contributed by atoms with van der Waals surface area (Å²) in [5, 5.41) is 42.2. The Bertz CT molecular complexity index is 858. The number of hydrogen-bond acceptors (Lipinski definition) is 6. The first-order chi connectivity index (χ1) is 15.1. The summed E-state index contributed by atoms with van der Waals surface area (Å²) in [7, 11) is 0. The third-order valence-electron chi connectivity index (χ3n) is 5.29. The van der Waals surface area contributed by atoms with Gasteiger partial charge < -0.3 is 30.6 Å². The molecule has 1 atom stereocenters. The minimum Gasteiger partial charge on any atom is -0.508 e. The third kappa shape index (κ3) is 8.15. The van der Waals surface area contributed by atoms with Crippen LogP contribution < -0.4 is 5.32 Å². The zero-order chi connectivity index (χ0) is 23.7. The molecule has 0 fully saturated rings. The number of benzene rings is 2. The van der Waals surface area contributed by atoms with Crippen molar-refractivity contribution in [1.82, 2.24) is 10.2 Å². The number of phenols is 2. The van der Waals surface area contributed by atoms with Gasteiger partial charge in [0, 0.05) is 31.2 Å². The lowest BCUT2D eigenvalue weighted by atomic mass is 9.93. The number of carbonyl (C=O) groups is 1. The highest BCUT2D eigenvalue weighted by molar-refractivity contribution is 5.78. The molecule has 0 saturated carbocycles. The number of aromatic hydroxyl groups is 2. The molecule has 2 rings (SSSR count). The van der Waals surface area contributed by atoms with Crippen molar-refractivity contribution in [2.75, 3.05) is 26.2 Å².